The van der Waals surface area contributed by atoms with Gasteiger partial charge >= 0.3 is 5.69 Å². The van der Waals surface area contributed by atoms with Crippen molar-refractivity contribution in [1.29, 1.82) is 0 Å². The Bertz CT molecular complexity index is 490. The molecule has 0 aliphatic heterocycles. The smallest absolute Gasteiger partial charge is 0.300 e. The lowest BCUT2D eigenvalue weighted by Crippen LogP contribution is -2.27. The molecule has 5 nitrogen and oxygen atoms in total. The zero-order valence-electron chi connectivity index (χ0n) is 9.14. The maximum Gasteiger partial charge on any atom is 0.300 e. The van der Waals surface area contributed by atoms with Crippen molar-refractivity contribution in [3.8, 4) is 0 Å². The summed E-state index contributed by atoms with van der Waals surface area (Å²) in [5.41, 5.74) is -0.318. The van der Waals surface area contributed by atoms with Crippen molar-refractivity contribution in [1.82, 2.24) is 5.32 Å². The Morgan fingerprint density at radius 3 is 2.76 bits per heavy atom. The number of para-hydroxylation sites is 1. The number of amides is 1. The van der Waals surface area contributed by atoms with Crippen molar-refractivity contribution in [2.45, 2.75) is 19.4 Å². The molecule has 1 N–H and O–H groups in total. The molecular weight excluding hydrogens is 244 g/mol. The maximum absolute atomic E-state index is 11.8. The van der Waals surface area contributed by atoms with E-state index in [9.17, 15) is 14.9 Å². The SMILES string of the molecule is CC1CC1NC(=O)c1cccc(Cl)c1[N+](=O)[O-]. The fraction of sp³-hybridized carbons (Fsp3) is 0.364. The lowest BCUT2D eigenvalue weighted by atomic mass is 10.1. The number of rotatable bonds is 3. The molecule has 2 rings (SSSR count). The highest BCUT2D eigenvalue weighted by molar-refractivity contribution is 6.33. The second kappa shape index (κ2) is 4.33. The average Bonchev–Trinajstić information content (AvgIpc) is 2.93. The number of benzene rings is 1. The molecule has 2 atom stereocenters. The molecule has 1 aromatic carbocycles. The van der Waals surface area contributed by atoms with Gasteiger partial charge in [0.15, 0.2) is 0 Å². The van der Waals surface area contributed by atoms with Gasteiger partial charge in [-0.25, -0.2) is 0 Å². The molecule has 0 aromatic heterocycles. The second-order valence-corrected chi connectivity index (χ2v) is 4.59. The Morgan fingerprint density at radius 2 is 2.24 bits per heavy atom. The summed E-state index contributed by atoms with van der Waals surface area (Å²) in [4.78, 5) is 22.1. The van der Waals surface area contributed by atoms with Gasteiger partial charge in [0.05, 0.1) is 4.92 Å². The Balaban J connectivity index is 2.28. The van der Waals surface area contributed by atoms with E-state index in [0.717, 1.165) is 6.42 Å². The summed E-state index contributed by atoms with van der Waals surface area (Å²) in [7, 11) is 0. The first-order valence-corrected chi connectivity index (χ1v) is 5.62. The normalized spacial score (nSPS) is 22.0. The van der Waals surface area contributed by atoms with Gasteiger partial charge in [0.25, 0.3) is 5.91 Å². The zero-order valence-corrected chi connectivity index (χ0v) is 9.90. The second-order valence-electron chi connectivity index (χ2n) is 4.19. The van der Waals surface area contributed by atoms with Crippen LogP contribution in [0.1, 0.15) is 23.7 Å². The highest BCUT2D eigenvalue weighted by Crippen LogP contribution is 2.31. The molecule has 90 valence electrons. The number of carbonyl (C=O) groups is 1. The predicted molar refractivity (Wildman–Crippen MR) is 63.1 cm³/mol. The van der Waals surface area contributed by atoms with Crippen LogP contribution in [0.2, 0.25) is 5.02 Å². The van der Waals surface area contributed by atoms with E-state index in [4.69, 9.17) is 11.6 Å². The van der Waals surface area contributed by atoms with Gasteiger partial charge in [0.1, 0.15) is 10.6 Å². The van der Waals surface area contributed by atoms with Gasteiger partial charge in [-0.1, -0.05) is 24.6 Å². The first-order chi connectivity index (χ1) is 8.00. The summed E-state index contributed by atoms with van der Waals surface area (Å²) in [5, 5.41) is 13.6. The molecule has 1 fully saturated rings. The topological polar surface area (TPSA) is 72.2 Å². The van der Waals surface area contributed by atoms with Gasteiger partial charge in [0.2, 0.25) is 0 Å². The molecule has 0 heterocycles. The Hall–Kier alpha value is -1.62. The fourth-order valence-corrected chi connectivity index (χ4v) is 1.90. The van der Waals surface area contributed by atoms with Gasteiger partial charge in [0, 0.05) is 6.04 Å². The van der Waals surface area contributed by atoms with E-state index in [2.05, 4.69) is 5.32 Å². The zero-order chi connectivity index (χ0) is 12.6. The van der Waals surface area contributed by atoms with Crippen molar-refractivity contribution in [2.24, 2.45) is 5.92 Å². The minimum absolute atomic E-state index is 0.0154. The molecule has 17 heavy (non-hydrogen) atoms. The maximum atomic E-state index is 11.8. The monoisotopic (exact) mass is 254 g/mol. The number of hydrogen-bond donors (Lipinski definition) is 1. The van der Waals surface area contributed by atoms with Crippen LogP contribution in [-0.4, -0.2) is 16.9 Å². The third-order valence-corrected chi connectivity index (χ3v) is 3.14. The molecule has 0 spiro atoms. The molecular formula is C11H11ClN2O3. The molecule has 2 unspecified atom stereocenters. The highest BCUT2D eigenvalue weighted by Gasteiger charge is 2.35. The first kappa shape index (κ1) is 11.9. The van der Waals surface area contributed by atoms with Gasteiger partial charge in [-0.3, -0.25) is 14.9 Å². The van der Waals surface area contributed by atoms with Crippen LogP contribution in [0, 0.1) is 16.0 Å². The van der Waals surface area contributed by atoms with Gasteiger partial charge in [-0.15, -0.1) is 0 Å². The Labute approximate surface area is 103 Å². The summed E-state index contributed by atoms with van der Waals surface area (Å²) in [5.74, 6) is 0.00532. The van der Waals surface area contributed by atoms with Crippen LogP contribution in [0.25, 0.3) is 0 Å². The molecule has 6 heteroatoms. The summed E-state index contributed by atoms with van der Waals surface area (Å²) < 4.78 is 0. The van der Waals surface area contributed by atoms with Crippen LogP contribution in [0.4, 0.5) is 5.69 Å². The van der Waals surface area contributed by atoms with Crippen LogP contribution >= 0.6 is 11.6 Å². The third kappa shape index (κ3) is 2.39. The van der Waals surface area contributed by atoms with Crippen LogP contribution in [0.3, 0.4) is 0 Å². The van der Waals surface area contributed by atoms with Crippen LogP contribution in [0.15, 0.2) is 18.2 Å². The highest BCUT2D eigenvalue weighted by atomic mass is 35.5. The molecule has 1 amide bonds. The van der Waals surface area contributed by atoms with Crippen molar-refractivity contribution in [2.75, 3.05) is 0 Å². The molecule has 1 saturated carbocycles. The lowest BCUT2D eigenvalue weighted by molar-refractivity contribution is -0.385. The number of nitro benzene ring substituents is 1. The molecule has 1 aromatic rings. The van der Waals surface area contributed by atoms with Crippen molar-refractivity contribution >= 4 is 23.2 Å². The number of nitro groups is 1. The van der Waals surface area contributed by atoms with Crippen LogP contribution < -0.4 is 5.32 Å². The van der Waals surface area contributed by atoms with E-state index >= 15 is 0 Å². The number of nitrogens with one attached hydrogen (secondary N) is 1. The van der Waals surface area contributed by atoms with Gasteiger partial charge in [-0.2, -0.15) is 0 Å². The van der Waals surface area contributed by atoms with Crippen LogP contribution in [0.5, 0.6) is 0 Å². The van der Waals surface area contributed by atoms with E-state index in [-0.39, 0.29) is 22.3 Å². The summed E-state index contributed by atoms with van der Waals surface area (Å²) >= 11 is 5.73. The predicted octanol–water partition coefficient (Wildman–Crippen LogP) is 2.39. The van der Waals surface area contributed by atoms with E-state index in [1.54, 1.807) is 0 Å². The third-order valence-electron chi connectivity index (χ3n) is 2.84. The lowest BCUT2D eigenvalue weighted by Gasteiger charge is -2.05. The molecule has 0 bridgehead atoms. The minimum atomic E-state index is -0.631. The Kier molecular flexibility index (Phi) is 3.02. The standard InChI is InChI=1S/C11H11ClN2O3/c1-6-5-9(6)13-11(15)7-3-2-4-8(12)10(7)14(16)17/h2-4,6,9H,5H2,1H3,(H,13,15). The summed E-state index contributed by atoms with van der Waals surface area (Å²) in [6.45, 7) is 2.01. The summed E-state index contributed by atoms with van der Waals surface area (Å²) in [6.07, 6.45) is 0.917. The van der Waals surface area contributed by atoms with E-state index in [0.29, 0.717) is 5.92 Å². The van der Waals surface area contributed by atoms with Crippen molar-refractivity contribution in [3.63, 3.8) is 0 Å². The molecule has 0 radical (unpaired) electrons. The average molecular weight is 255 g/mol. The van der Waals surface area contributed by atoms with Gasteiger partial charge < -0.3 is 5.32 Å². The van der Waals surface area contributed by atoms with E-state index < -0.39 is 10.8 Å². The number of hydrogen-bond acceptors (Lipinski definition) is 3. The van der Waals surface area contributed by atoms with E-state index in [1.807, 2.05) is 6.92 Å². The minimum Gasteiger partial charge on any atom is -0.349 e. The van der Waals surface area contributed by atoms with E-state index in [1.165, 1.54) is 18.2 Å². The number of halogens is 1. The van der Waals surface area contributed by atoms with Crippen molar-refractivity contribution in [3.05, 3.63) is 38.9 Å². The largest absolute Gasteiger partial charge is 0.349 e. The Morgan fingerprint density at radius 1 is 1.59 bits per heavy atom. The molecule has 1 aliphatic carbocycles. The number of carbonyl (C=O) groups excluding carboxylic acids is 1. The number of nitrogens with zero attached hydrogens (tertiary/aromatic N) is 1. The van der Waals surface area contributed by atoms with Crippen molar-refractivity contribution < 1.29 is 9.72 Å². The molecule has 1 aliphatic rings. The molecule has 0 saturated heterocycles. The summed E-state index contributed by atoms with van der Waals surface area (Å²) in [6, 6.07) is 4.46. The first-order valence-electron chi connectivity index (χ1n) is 5.24. The van der Waals surface area contributed by atoms with Crippen LogP contribution in [-0.2, 0) is 0 Å². The quantitative estimate of drug-likeness (QED) is 0.665. The van der Waals surface area contributed by atoms with Gasteiger partial charge in [-0.05, 0) is 24.5 Å². The fourth-order valence-electron chi connectivity index (χ4n) is 1.65.